The molecule has 0 aliphatic rings. The number of nitrogens with one attached hydrogen (secondary N) is 2. The molecule has 3 rings (SSSR count). The first kappa shape index (κ1) is 9.98. The predicted octanol–water partition coefficient (Wildman–Crippen LogP) is 0.839. The molecule has 0 atom stereocenters. The van der Waals surface area contributed by atoms with Crippen molar-refractivity contribution in [1.82, 2.24) is 30.1 Å². The van der Waals surface area contributed by atoms with E-state index < -0.39 is 0 Å². The summed E-state index contributed by atoms with van der Waals surface area (Å²) in [5.41, 5.74) is 2.61. The lowest BCUT2D eigenvalue weighted by Crippen LogP contribution is -2.10. The van der Waals surface area contributed by atoms with E-state index in [1.54, 1.807) is 4.52 Å². The van der Waals surface area contributed by atoms with Gasteiger partial charge in [-0.3, -0.25) is 0 Å². The number of hydrogen-bond donors (Lipinski definition) is 2. The molecule has 0 saturated carbocycles. The van der Waals surface area contributed by atoms with E-state index in [2.05, 4.69) is 25.6 Å². The zero-order valence-electron chi connectivity index (χ0n) is 9.38. The molecule has 0 aromatic carbocycles. The number of H-pyrrole nitrogens is 1. The molecule has 3 aromatic rings. The minimum atomic E-state index is 0.641. The largest absolute Gasteiger partial charge is 0.360 e. The Balaban J connectivity index is 2.13. The van der Waals surface area contributed by atoms with Crippen LogP contribution in [0.2, 0.25) is 0 Å². The van der Waals surface area contributed by atoms with Crippen LogP contribution in [0.5, 0.6) is 0 Å². The second-order valence-electron chi connectivity index (χ2n) is 3.72. The first-order valence-electron chi connectivity index (χ1n) is 5.38. The molecule has 0 spiro atoms. The van der Waals surface area contributed by atoms with Gasteiger partial charge in [-0.05, 0) is 31.3 Å². The molecule has 0 unspecified atom stereocenters. The molecule has 6 nitrogen and oxygen atoms in total. The van der Waals surface area contributed by atoms with E-state index in [0.29, 0.717) is 6.54 Å². The Morgan fingerprint density at radius 3 is 3.00 bits per heavy atom. The monoisotopic (exact) mass is 228 g/mol. The predicted molar refractivity (Wildman–Crippen MR) is 63.3 cm³/mol. The molecule has 0 radical (unpaired) electrons. The van der Waals surface area contributed by atoms with Crippen LogP contribution in [-0.4, -0.2) is 31.8 Å². The van der Waals surface area contributed by atoms with Crippen LogP contribution in [0.1, 0.15) is 5.82 Å². The number of aromatic nitrogens is 5. The van der Waals surface area contributed by atoms with Crippen LogP contribution in [0.4, 0.5) is 0 Å². The zero-order valence-corrected chi connectivity index (χ0v) is 9.38. The van der Waals surface area contributed by atoms with E-state index in [1.165, 1.54) is 0 Å². The summed E-state index contributed by atoms with van der Waals surface area (Å²) in [6.45, 7) is 0.641. The summed E-state index contributed by atoms with van der Waals surface area (Å²) >= 11 is 0. The summed E-state index contributed by atoms with van der Waals surface area (Å²) in [6, 6.07) is 7.77. The second kappa shape index (κ2) is 3.99. The van der Waals surface area contributed by atoms with Gasteiger partial charge in [0.25, 0.3) is 0 Å². The van der Waals surface area contributed by atoms with Crippen LogP contribution in [0.25, 0.3) is 17.0 Å². The van der Waals surface area contributed by atoms with E-state index >= 15 is 0 Å². The van der Waals surface area contributed by atoms with E-state index in [0.717, 1.165) is 22.9 Å². The van der Waals surface area contributed by atoms with E-state index in [-0.39, 0.29) is 0 Å². The van der Waals surface area contributed by atoms with E-state index in [9.17, 15) is 0 Å². The van der Waals surface area contributed by atoms with Gasteiger partial charge in [0.05, 0.1) is 12.2 Å². The highest BCUT2D eigenvalue weighted by Gasteiger charge is 2.07. The Morgan fingerprint density at radius 2 is 2.24 bits per heavy atom. The van der Waals surface area contributed by atoms with E-state index in [1.807, 2.05) is 37.5 Å². The van der Waals surface area contributed by atoms with Crippen LogP contribution in [-0.2, 0) is 6.54 Å². The van der Waals surface area contributed by atoms with Gasteiger partial charge in [0, 0.05) is 6.20 Å². The molecular formula is C11H12N6. The molecule has 0 bridgehead atoms. The van der Waals surface area contributed by atoms with Gasteiger partial charge >= 0.3 is 0 Å². The fraction of sp³-hybridized carbons (Fsp3) is 0.182. The van der Waals surface area contributed by atoms with Gasteiger partial charge in [-0.25, -0.2) is 0 Å². The molecule has 0 aliphatic carbocycles. The first-order chi connectivity index (χ1) is 8.38. The van der Waals surface area contributed by atoms with Crippen LogP contribution in [0.3, 0.4) is 0 Å². The third-order valence-electron chi connectivity index (χ3n) is 2.54. The fourth-order valence-corrected chi connectivity index (χ4v) is 1.73. The van der Waals surface area contributed by atoms with Crippen molar-refractivity contribution in [1.29, 1.82) is 0 Å². The summed E-state index contributed by atoms with van der Waals surface area (Å²) in [6.07, 6.45) is 1.88. The van der Waals surface area contributed by atoms with Gasteiger partial charge in [0.2, 0.25) is 0 Å². The molecule has 6 heteroatoms. The van der Waals surface area contributed by atoms with Crippen LogP contribution >= 0.6 is 0 Å². The standard InChI is InChI=1S/C11H12N6/c1-12-7-11-15-14-10-5-4-9(16-17(10)11)8-3-2-6-13-8/h2-6,12-13H,7H2,1H3. The Morgan fingerprint density at radius 1 is 1.29 bits per heavy atom. The maximum atomic E-state index is 4.52. The summed E-state index contributed by atoms with van der Waals surface area (Å²) < 4.78 is 1.76. The molecule has 3 heterocycles. The van der Waals surface area contributed by atoms with Crippen LogP contribution in [0.15, 0.2) is 30.5 Å². The molecular weight excluding hydrogens is 216 g/mol. The Labute approximate surface area is 97.7 Å². The highest BCUT2D eigenvalue weighted by molar-refractivity contribution is 5.55. The minimum absolute atomic E-state index is 0.641. The smallest absolute Gasteiger partial charge is 0.178 e. The lowest BCUT2D eigenvalue weighted by Gasteiger charge is -2.00. The number of rotatable bonds is 3. The molecule has 0 saturated heterocycles. The quantitative estimate of drug-likeness (QED) is 0.697. The molecule has 0 fully saturated rings. The molecule has 0 aliphatic heterocycles. The maximum absolute atomic E-state index is 4.52. The zero-order chi connectivity index (χ0) is 11.7. The third kappa shape index (κ3) is 1.68. The highest BCUT2D eigenvalue weighted by Crippen LogP contribution is 2.14. The van der Waals surface area contributed by atoms with Crippen molar-refractivity contribution in [3.8, 4) is 11.4 Å². The average Bonchev–Trinajstić information content (AvgIpc) is 2.98. The van der Waals surface area contributed by atoms with Crippen molar-refractivity contribution in [2.24, 2.45) is 0 Å². The second-order valence-corrected chi connectivity index (χ2v) is 3.72. The van der Waals surface area contributed by atoms with Crippen molar-refractivity contribution in [3.05, 3.63) is 36.3 Å². The van der Waals surface area contributed by atoms with Gasteiger partial charge in [-0.2, -0.15) is 9.61 Å². The number of fused-ring (bicyclic) bond motifs is 1. The highest BCUT2D eigenvalue weighted by atomic mass is 15.4. The topological polar surface area (TPSA) is 70.9 Å². The SMILES string of the molecule is CNCc1nnc2ccc(-c3ccc[nH]3)nn12. The average molecular weight is 228 g/mol. The van der Waals surface area contributed by atoms with Crippen molar-refractivity contribution in [2.45, 2.75) is 6.54 Å². The lowest BCUT2D eigenvalue weighted by molar-refractivity contribution is 0.719. The molecule has 2 N–H and O–H groups in total. The van der Waals surface area contributed by atoms with Gasteiger partial charge < -0.3 is 10.3 Å². The normalized spacial score (nSPS) is 11.1. The van der Waals surface area contributed by atoms with Crippen molar-refractivity contribution < 1.29 is 0 Å². The van der Waals surface area contributed by atoms with Crippen molar-refractivity contribution in [3.63, 3.8) is 0 Å². The minimum Gasteiger partial charge on any atom is -0.360 e. The molecule has 0 amide bonds. The van der Waals surface area contributed by atoms with Gasteiger partial charge in [0.15, 0.2) is 11.5 Å². The Kier molecular flexibility index (Phi) is 2.34. The Hall–Kier alpha value is -2.21. The first-order valence-corrected chi connectivity index (χ1v) is 5.38. The van der Waals surface area contributed by atoms with Gasteiger partial charge in [-0.15, -0.1) is 10.2 Å². The van der Waals surface area contributed by atoms with Crippen LogP contribution in [0, 0.1) is 0 Å². The fourth-order valence-electron chi connectivity index (χ4n) is 1.73. The van der Waals surface area contributed by atoms with Gasteiger partial charge in [-0.1, -0.05) is 0 Å². The van der Waals surface area contributed by atoms with Gasteiger partial charge in [0.1, 0.15) is 5.69 Å². The number of nitrogens with zero attached hydrogens (tertiary/aromatic N) is 4. The molecule has 17 heavy (non-hydrogen) atoms. The summed E-state index contributed by atoms with van der Waals surface area (Å²) in [5.74, 6) is 0.802. The summed E-state index contributed by atoms with van der Waals surface area (Å²) in [5, 5.41) is 15.7. The third-order valence-corrected chi connectivity index (χ3v) is 2.54. The maximum Gasteiger partial charge on any atom is 0.178 e. The number of hydrogen-bond acceptors (Lipinski definition) is 4. The van der Waals surface area contributed by atoms with Crippen molar-refractivity contribution in [2.75, 3.05) is 7.05 Å². The summed E-state index contributed by atoms with van der Waals surface area (Å²) in [7, 11) is 1.87. The number of aromatic amines is 1. The molecule has 3 aromatic heterocycles. The Bertz CT molecular complexity index is 625. The lowest BCUT2D eigenvalue weighted by atomic mass is 10.3. The van der Waals surface area contributed by atoms with Crippen LogP contribution < -0.4 is 5.32 Å². The molecule has 86 valence electrons. The van der Waals surface area contributed by atoms with Crippen molar-refractivity contribution >= 4 is 5.65 Å². The van der Waals surface area contributed by atoms with E-state index in [4.69, 9.17) is 0 Å². The summed E-state index contributed by atoms with van der Waals surface area (Å²) in [4.78, 5) is 3.13.